The third-order valence-electron chi connectivity index (χ3n) is 4.53. The zero-order valence-electron chi connectivity index (χ0n) is 16.5. The number of aryl methyl sites for hydroxylation is 1. The molecule has 2 heterocycles. The predicted octanol–water partition coefficient (Wildman–Crippen LogP) is 2.45. The summed E-state index contributed by atoms with van der Waals surface area (Å²) in [4.78, 5) is 24.6. The molecule has 1 aromatic heterocycles. The second-order valence-corrected chi connectivity index (χ2v) is 8.18. The fourth-order valence-electron chi connectivity index (χ4n) is 3.01. The number of piperidine rings is 1. The molecule has 0 aliphatic carbocycles. The quantitative estimate of drug-likeness (QED) is 0.564. The van der Waals surface area contributed by atoms with E-state index in [9.17, 15) is 4.79 Å². The number of aliphatic imine (C=N–C) groups is 1. The van der Waals surface area contributed by atoms with Crippen LogP contribution in [0, 0.1) is 5.92 Å². The van der Waals surface area contributed by atoms with Gasteiger partial charge in [-0.2, -0.15) is 0 Å². The highest BCUT2D eigenvalue weighted by Crippen LogP contribution is 2.14. The monoisotopic (exact) mass is 379 g/mol. The minimum atomic E-state index is 0.0810. The molecule has 6 nitrogen and oxygen atoms in total. The van der Waals surface area contributed by atoms with Crippen molar-refractivity contribution in [3.8, 4) is 0 Å². The van der Waals surface area contributed by atoms with Gasteiger partial charge >= 0.3 is 0 Å². The number of hydrogen-bond acceptors (Lipinski definition) is 4. The van der Waals surface area contributed by atoms with Gasteiger partial charge in [-0.25, -0.2) is 4.98 Å². The highest BCUT2D eigenvalue weighted by molar-refractivity contribution is 7.11. The van der Waals surface area contributed by atoms with Crippen molar-refractivity contribution >= 4 is 23.2 Å². The zero-order valence-corrected chi connectivity index (χ0v) is 17.4. The first-order chi connectivity index (χ1) is 12.5. The number of rotatable bonds is 7. The van der Waals surface area contributed by atoms with Crippen molar-refractivity contribution < 1.29 is 4.79 Å². The van der Waals surface area contributed by atoms with Crippen molar-refractivity contribution in [1.82, 2.24) is 20.5 Å². The van der Waals surface area contributed by atoms with E-state index in [-0.39, 0.29) is 11.8 Å². The van der Waals surface area contributed by atoms with Crippen molar-refractivity contribution in [2.24, 2.45) is 10.9 Å². The molecular weight excluding hydrogens is 346 g/mol. The van der Waals surface area contributed by atoms with Gasteiger partial charge in [0.2, 0.25) is 5.91 Å². The number of nitrogens with one attached hydrogen (secondary N) is 2. The minimum Gasteiger partial charge on any atom is -0.357 e. The highest BCUT2D eigenvalue weighted by atomic mass is 32.1. The summed E-state index contributed by atoms with van der Waals surface area (Å²) in [5.74, 6) is 1.21. The Morgan fingerprint density at radius 2 is 2.12 bits per heavy atom. The lowest BCUT2D eigenvalue weighted by Crippen LogP contribution is -2.50. The maximum absolute atomic E-state index is 12.1. The summed E-state index contributed by atoms with van der Waals surface area (Å²) >= 11 is 1.78. The average Bonchev–Trinajstić information content (AvgIpc) is 3.10. The molecule has 0 atom stereocenters. The molecule has 146 valence electrons. The van der Waals surface area contributed by atoms with Crippen LogP contribution in [-0.4, -0.2) is 54.0 Å². The van der Waals surface area contributed by atoms with Crippen LogP contribution >= 0.6 is 11.3 Å². The molecule has 1 fully saturated rings. The van der Waals surface area contributed by atoms with Gasteiger partial charge in [0.05, 0.1) is 5.01 Å². The van der Waals surface area contributed by atoms with Crippen LogP contribution in [-0.2, 0) is 17.6 Å². The first-order valence-electron chi connectivity index (χ1n) is 9.80. The van der Waals surface area contributed by atoms with E-state index in [1.54, 1.807) is 11.3 Å². The lowest BCUT2D eigenvalue weighted by atomic mass is 10.0. The number of guanidine groups is 1. The summed E-state index contributed by atoms with van der Waals surface area (Å²) in [6, 6.07) is 0.371. The molecule has 1 aromatic rings. The van der Waals surface area contributed by atoms with Gasteiger partial charge in [-0.1, -0.05) is 20.8 Å². The van der Waals surface area contributed by atoms with Gasteiger partial charge in [0.15, 0.2) is 5.96 Å². The number of amides is 1. The van der Waals surface area contributed by atoms with Crippen molar-refractivity contribution in [3.63, 3.8) is 0 Å². The zero-order chi connectivity index (χ0) is 18.9. The van der Waals surface area contributed by atoms with Gasteiger partial charge < -0.3 is 15.5 Å². The molecule has 0 saturated carbocycles. The first kappa shape index (κ1) is 20.7. The Hall–Kier alpha value is -1.63. The van der Waals surface area contributed by atoms with E-state index in [0.717, 1.165) is 62.8 Å². The fraction of sp³-hybridized carbons (Fsp3) is 0.737. The Kier molecular flexibility index (Phi) is 8.35. The predicted molar refractivity (Wildman–Crippen MR) is 109 cm³/mol. The number of nitrogens with zero attached hydrogens (tertiary/aromatic N) is 3. The van der Waals surface area contributed by atoms with Crippen molar-refractivity contribution in [1.29, 1.82) is 0 Å². The highest BCUT2D eigenvalue weighted by Gasteiger charge is 2.24. The maximum atomic E-state index is 12.1. The Labute approximate surface area is 161 Å². The van der Waals surface area contributed by atoms with Crippen LogP contribution in [0.15, 0.2) is 11.2 Å². The number of hydrogen-bond donors (Lipinski definition) is 2. The smallest absolute Gasteiger partial charge is 0.225 e. The molecule has 1 saturated heterocycles. The molecule has 7 heteroatoms. The second-order valence-electron chi connectivity index (χ2n) is 6.98. The average molecular weight is 380 g/mol. The molecule has 2 rings (SSSR count). The van der Waals surface area contributed by atoms with Gasteiger partial charge in [0.1, 0.15) is 0 Å². The largest absolute Gasteiger partial charge is 0.357 e. The van der Waals surface area contributed by atoms with Gasteiger partial charge in [0, 0.05) is 55.6 Å². The minimum absolute atomic E-state index is 0.0810. The van der Waals surface area contributed by atoms with Crippen LogP contribution in [0.4, 0.5) is 0 Å². The Morgan fingerprint density at radius 3 is 2.69 bits per heavy atom. The van der Waals surface area contributed by atoms with E-state index in [0.29, 0.717) is 6.04 Å². The van der Waals surface area contributed by atoms with Crippen LogP contribution in [0.1, 0.15) is 50.4 Å². The normalized spacial score (nSPS) is 16.2. The Balaban J connectivity index is 1.81. The number of thiazole rings is 1. The summed E-state index contributed by atoms with van der Waals surface area (Å²) < 4.78 is 0. The molecule has 1 amide bonds. The van der Waals surface area contributed by atoms with Gasteiger partial charge in [-0.3, -0.25) is 9.79 Å². The van der Waals surface area contributed by atoms with E-state index in [1.807, 2.05) is 24.9 Å². The molecule has 0 spiro atoms. The summed E-state index contributed by atoms with van der Waals surface area (Å²) in [6.07, 6.45) is 5.83. The first-order valence-corrected chi connectivity index (χ1v) is 10.6. The number of carbonyl (C=O) groups excluding carboxylic acids is 1. The third kappa shape index (κ3) is 6.27. The van der Waals surface area contributed by atoms with Crippen LogP contribution in [0.2, 0.25) is 0 Å². The molecule has 1 aliphatic heterocycles. The van der Waals surface area contributed by atoms with Crippen molar-refractivity contribution in [2.45, 2.75) is 59.4 Å². The van der Waals surface area contributed by atoms with Crippen LogP contribution in [0.3, 0.4) is 0 Å². The Morgan fingerprint density at radius 1 is 1.38 bits per heavy atom. The summed E-state index contributed by atoms with van der Waals surface area (Å²) in [7, 11) is 0. The van der Waals surface area contributed by atoms with Crippen LogP contribution in [0.5, 0.6) is 0 Å². The van der Waals surface area contributed by atoms with Gasteiger partial charge in [-0.15, -0.1) is 11.3 Å². The van der Waals surface area contributed by atoms with E-state index in [4.69, 9.17) is 4.99 Å². The van der Waals surface area contributed by atoms with E-state index < -0.39 is 0 Å². The lowest BCUT2D eigenvalue weighted by molar-refractivity contribution is -0.135. The maximum Gasteiger partial charge on any atom is 0.225 e. The van der Waals surface area contributed by atoms with Crippen LogP contribution < -0.4 is 10.6 Å². The SMILES string of the molecule is CCNC(=NCCc1ncc(CC)s1)NC1CCN(C(=O)C(C)C)CC1. The molecule has 0 bridgehead atoms. The lowest BCUT2D eigenvalue weighted by Gasteiger charge is -2.34. The molecule has 0 aromatic carbocycles. The number of aromatic nitrogens is 1. The molecule has 2 N–H and O–H groups in total. The van der Waals surface area contributed by atoms with Crippen molar-refractivity contribution in [2.75, 3.05) is 26.2 Å². The standard InChI is InChI=1S/C19H33N5OS/c1-5-16-13-22-17(26-16)7-10-21-19(20-6-2)23-15-8-11-24(12-9-15)18(25)14(3)4/h13-15H,5-12H2,1-4H3,(H2,20,21,23). The summed E-state index contributed by atoms with van der Waals surface area (Å²) in [6.45, 7) is 11.4. The second kappa shape index (κ2) is 10.5. The van der Waals surface area contributed by atoms with Gasteiger partial charge in [-0.05, 0) is 26.2 Å². The number of carbonyl (C=O) groups is 1. The topological polar surface area (TPSA) is 69.6 Å². The molecule has 1 aliphatic rings. The fourth-order valence-corrected chi connectivity index (χ4v) is 3.86. The van der Waals surface area contributed by atoms with E-state index in [2.05, 4.69) is 29.5 Å². The molecule has 26 heavy (non-hydrogen) atoms. The van der Waals surface area contributed by atoms with E-state index in [1.165, 1.54) is 4.88 Å². The van der Waals surface area contributed by atoms with Crippen LogP contribution in [0.25, 0.3) is 0 Å². The molecule has 0 radical (unpaired) electrons. The number of likely N-dealkylation sites (tertiary alicyclic amines) is 1. The Bertz CT molecular complexity index is 591. The molecule has 0 unspecified atom stereocenters. The summed E-state index contributed by atoms with van der Waals surface area (Å²) in [5, 5.41) is 8.01. The third-order valence-corrected chi connectivity index (χ3v) is 5.73. The summed E-state index contributed by atoms with van der Waals surface area (Å²) in [5.41, 5.74) is 0. The van der Waals surface area contributed by atoms with Crippen molar-refractivity contribution in [3.05, 3.63) is 16.1 Å². The van der Waals surface area contributed by atoms with E-state index >= 15 is 0 Å². The van der Waals surface area contributed by atoms with Gasteiger partial charge in [0.25, 0.3) is 0 Å². The molecular formula is C19H33N5OS.